The van der Waals surface area contributed by atoms with Crippen LogP contribution in [0.2, 0.25) is 0 Å². The summed E-state index contributed by atoms with van der Waals surface area (Å²) in [5.74, 6) is 4.11. The Hall–Kier alpha value is -1.84. The molecule has 0 aromatic carbocycles. The molecule has 0 rings (SSSR count). The minimum atomic E-state index is -0.378. The van der Waals surface area contributed by atoms with Crippen molar-refractivity contribution in [2.45, 2.75) is 25.7 Å². The van der Waals surface area contributed by atoms with E-state index in [1.807, 2.05) is 0 Å². The van der Waals surface area contributed by atoms with E-state index < -0.39 is 0 Å². The molecule has 0 unspecified atom stereocenters. The highest BCUT2D eigenvalue weighted by atomic mass is 16.5. The number of aliphatic hydroxyl groups excluding tert-OH is 2. The fourth-order valence-electron chi connectivity index (χ4n) is 1.19. The van der Waals surface area contributed by atoms with Crippen molar-refractivity contribution >= 4 is 11.9 Å². The predicted molar refractivity (Wildman–Crippen MR) is 71.5 cm³/mol. The maximum atomic E-state index is 11.2. The van der Waals surface area contributed by atoms with Crippen LogP contribution in [0.4, 0.5) is 0 Å². The molecule has 112 valence electrons. The monoisotopic (exact) mass is 284 g/mol. The molecular formula is C14H20O6. The first-order valence-electron chi connectivity index (χ1n) is 6.34. The molecule has 0 spiro atoms. The standard InChI is InChI=1S/C14H20O6/c15-9-3-5-11-19-13(17)7-1-2-8-14(18)20-12-6-4-10-16/h3,5,15-16H,1-2,7-12H2. The lowest BCUT2D eigenvalue weighted by Gasteiger charge is -2.02. The van der Waals surface area contributed by atoms with Crippen LogP contribution in [0, 0.1) is 11.8 Å². The van der Waals surface area contributed by atoms with Crippen LogP contribution in [0.5, 0.6) is 0 Å². The first kappa shape index (κ1) is 18.2. The molecule has 0 saturated heterocycles. The van der Waals surface area contributed by atoms with Crippen molar-refractivity contribution in [3.05, 3.63) is 12.2 Å². The number of esters is 2. The summed E-state index contributed by atoms with van der Waals surface area (Å²) in [6.45, 7) is -0.223. The van der Waals surface area contributed by atoms with Crippen LogP contribution in [0.3, 0.4) is 0 Å². The number of hydrogen-bond donors (Lipinski definition) is 2. The highest BCUT2D eigenvalue weighted by Gasteiger charge is 2.05. The van der Waals surface area contributed by atoms with Crippen molar-refractivity contribution in [3.63, 3.8) is 0 Å². The molecule has 0 aliphatic rings. The normalized spacial score (nSPS) is 9.90. The topological polar surface area (TPSA) is 93.1 Å². The van der Waals surface area contributed by atoms with E-state index in [1.54, 1.807) is 6.08 Å². The van der Waals surface area contributed by atoms with Gasteiger partial charge in [-0.15, -0.1) is 0 Å². The minimum absolute atomic E-state index is 0.0291. The summed E-state index contributed by atoms with van der Waals surface area (Å²) < 4.78 is 9.62. The molecule has 0 heterocycles. The summed E-state index contributed by atoms with van der Waals surface area (Å²) in [5.41, 5.74) is 0. The van der Waals surface area contributed by atoms with Crippen LogP contribution < -0.4 is 0 Å². The number of ether oxygens (including phenoxy) is 2. The van der Waals surface area contributed by atoms with Gasteiger partial charge >= 0.3 is 11.9 Å². The Morgan fingerprint density at radius 1 is 0.950 bits per heavy atom. The summed E-state index contributed by atoms with van der Waals surface area (Å²) >= 11 is 0. The van der Waals surface area contributed by atoms with Crippen LogP contribution in [-0.2, 0) is 19.1 Å². The van der Waals surface area contributed by atoms with Crippen molar-refractivity contribution < 1.29 is 29.3 Å². The summed E-state index contributed by atoms with van der Waals surface area (Å²) in [7, 11) is 0. The minimum Gasteiger partial charge on any atom is -0.461 e. The van der Waals surface area contributed by atoms with E-state index in [0.717, 1.165) is 0 Å². The number of carbonyl (C=O) groups excluding carboxylic acids is 2. The Labute approximate surface area is 118 Å². The van der Waals surface area contributed by atoms with Crippen molar-refractivity contribution in [1.29, 1.82) is 0 Å². The Morgan fingerprint density at radius 2 is 1.60 bits per heavy atom. The van der Waals surface area contributed by atoms with Gasteiger partial charge in [0.1, 0.15) is 13.2 Å². The molecule has 0 bridgehead atoms. The van der Waals surface area contributed by atoms with Gasteiger partial charge in [0.2, 0.25) is 0 Å². The SMILES string of the molecule is O=C(CCCCC(=O)OCC=CCO)OCC#CCO. The Bertz CT molecular complexity index is 364. The lowest BCUT2D eigenvalue weighted by Crippen LogP contribution is -2.07. The Morgan fingerprint density at radius 3 is 2.20 bits per heavy atom. The third kappa shape index (κ3) is 12.6. The van der Waals surface area contributed by atoms with Gasteiger partial charge in [-0.2, -0.15) is 0 Å². The zero-order valence-electron chi connectivity index (χ0n) is 11.3. The first-order chi connectivity index (χ1) is 9.70. The van der Waals surface area contributed by atoms with Crippen LogP contribution in [-0.4, -0.2) is 48.6 Å². The largest absolute Gasteiger partial charge is 0.461 e. The maximum absolute atomic E-state index is 11.2. The zero-order chi connectivity index (χ0) is 15.1. The van der Waals surface area contributed by atoms with Gasteiger partial charge in [-0.3, -0.25) is 9.59 Å². The smallest absolute Gasteiger partial charge is 0.306 e. The summed E-state index contributed by atoms with van der Waals surface area (Å²) in [6.07, 6.45) is 4.59. The lowest BCUT2D eigenvalue weighted by molar-refractivity contribution is -0.144. The van der Waals surface area contributed by atoms with E-state index in [4.69, 9.17) is 19.7 Å². The molecule has 0 radical (unpaired) electrons. The number of hydrogen-bond acceptors (Lipinski definition) is 6. The summed E-state index contributed by atoms with van der Waals surface area (Å²) in [6, 6.07) is 0. The summed E-state index contributed by atoms with van der Waals surface area (Å²) in [4.78, 5) is 22.4. The Kier molecular flexibility index (Phi) is 12.3. The molecule has 0 fully saturated rings. The molecule has 6 nitrogen and oxygen atoms in total. The first-order valence-corrected chi connectivity index (χ1v) is 6.34. The summed E-state index contributed by atoms with van der Waals surface area (Å²) in [5, 5.41) is 16.8. The average Bonchev–Trinajstić information content (AvgIpc) is 2.44. The maximum Gasteiger partial charge on any atom is 0.306 e. The van der Waals surface area contributed by atoms with E-state index in [2.05, 4.69) is 11.8 Å². The zero-order valence-corrected chi connectivity index (χ0v) is 11.3. The van der Waals surface area contributed by atoms with E-state index >= 15 is 0 Å². The molecule has 0 aliphatic heterocycles. The van der Waals surface area contributed by atoms with Crippen LogP contribution in [0.25, 0.3) is 0 Å². The van der Waals surface area contributed by atoms with Crippen molar-refractivity contribution in [1.82, 2.24) is 0 Å². The second-order valence-electron chi connectivity index (χ2n) is 3.72. The van der Waals surface area contributed by atoms with Crippen molar-refractivity contribution in [2.24, 2.45) is 0 Å². The molecule has 0 aromatic rings. The number of aliphatic hydroxyl groups is 2. The van der Waals surface area contributed by atoms with E-state index in [-0.39, 0.29) is 51.2 Å². The molecule has 6 heteroatoms. The second-order valence-corrected chi connectivity index (χ2v) is 3.72. The highest BCUT2D eigenvalue weighted by molar-refractivity contribution is 5.70. The number of unbranched alkanes of at least 4 members (excludes halogenated alkanes) is 1. The van der Waals surface area contributed by atoms with Crippen LogP contribution >= 0.6 is 0 Å². The molecule has 0 aliphatic carbocycles. The lowest BCUT2D eigenvalue weighted by atomic mass is 10.2. The van der Waals surface area contributed by atoms with Crippen molar-refractivity contribution in [2.75, 3.05) is 26.4 Å². The molecule has 0 atom stereocenters. The fourth-order valence-corrected chi connectivity index (χ4v) is 1.19. The van der Waals surface area contributed by atoms with Crippen LogP contribution in [0.1, 0.15) is 25.7 Å². The van der Waals surface area contributed by atoms with Gasteiger partial charge in [0.25, 0.3) is 0 Å². The average molecular weight is 284 g/mol. The Balaban J connectivity index is 3.48. The van der Waals surface area contributed by atoms with E-state index in [1.165, 1.54) is 6.08 Å². The third-order valence-corrected chi connectivity index (χ3v) is 2.13. The van der Waals surface area contributed by atoms with Gasteiger partial charge < -0.3 is 19.7 Å². The second kappa shape index (κ2) is 13.6. The number of carbonyl (C=O) groups is 2. The third-order valence-electron chi connectivity index (χ3n) is 2.13. The quantitative estimate of drug-likeness (QED) is 0.271. The molecule has 0 aromatic heterocycles. The van der Waals surface area contributed by atoms with Crippen LogP contribution in [0.15, 0.2) is 12.2 Å². The molecular weight excluding hydrogens is 264 g/mol. The van der Waals surface area contributed by atoms with Gasteiger partial charge in [0.15, 0.2) is 6.61 Å². The van der Waals surface area contributed by atoms with Gasteiger partial charge in [-0.05, 0) is 18.9 Å². The fraction of sp³-hybridized carbons (Fsp3) is 0.571. The van der Waals surface area contributed by atoms with Gasteiger partial charge in [0.05, 0.1) is 6.61 Å². The molecule has 2 N–H and O–H groups in total. The molecule has 0 saturated carbocycles. The highest BCUT2D eigenvalue weighted by Crippen LogP contribution is 2.02. The van der Waals surface area contributed by atoms with E-state index in [9.17, 15) is 9.59 Å². The van der Waals surface area contributed by atoms with Gasteiger partial charge in [-0.25, -0.2) is 0 Å². The van der Waals surface area contributed by atoms with Crippen molar-refractivity contribution in [3.8, 4) is 11.8 Å². The van der Waals surface area contributed by atoms with Gasteiger partial charge in [0, 0.05) is 12.8 Å². The molecule has 20 heavy (non-hydrogen) atoms. The predicted octanol–water partition coefficient (Wildman–Crippen LogP) is 0.177. The number of rotatable bonds is 9. The molecule has 0 amide bonds. The van der Waals surface area contributed by atoms with Gasteiger partial charge in [-0.1, -0.05) is 17.9 Å². The van der Waals surface area contributed by atoms with E-state index in [0.29, 0.717) is 12.8 Å².